The van der Waals surface area contributed by atoms with E-state index in [-0.39, 0.29) is 0 Å². The summed E-state index contributed by atoms with van der Waals surface area (Å²) >= 11 is 0. The Morgan fingerprint density at radius 2 is 1.54 bits per heavy atom. The maximum absolute atomic E-state index is 6.11. The third-order valence-electron chi connectivity index (χ3n) is 4.89. The molecular weight excluding hydrogens is 296 g/mol. The number of para-hydroxylation sites is 1. The van der Waals surface area contributed by atoms with Gasteiger partial charge in [0.25, 0.3) is 0 Å². The van der Waals surface area contributed by atoms with Gasteiger partial charge < -0.3 is 15.5 Å². The van der Waals surface area contributed by atoms with E-state index in [1.165, 1.54) is 16.9 Å². The highest BCUT2D eigenvalue weighted by Gasteiger charge is 2.24. The number of rotatable bonds is 5. The summed E-state index contributed by atoms with van der Waals surface area (Å²) in [4.78, 5) is 7.10. The molecule has 0 unspecified atom stereocenters. The number of piperazine rings is 1. The van der Waals surface area contributed by atoms with Gasteiger partial charge >= 0.3 is 0 Å². The highest BCUT2D eigenvalue weighted by Crippen LogP contribution is 2.25. The van der Waals surface area contributed by atoms with Crippen molar-refractivity contribution in [3.63, 3.8) is 0 Å². The van der Waals surface area contributed by atoms with Gasteiger partial charge in [-0.2, -0.15) is 0 Å². The lowest BCUT2D eigenvalue weighted by Crippen LogP contribution is -2.49. The van der Waals surface area contributed by atoms with Gasteiger partial charge in [0.15, 0.2) is 0 Å². The number of hydrogen-bond donors (Lipinski definition) is 1. The van der Waals surface area contributed by atoms with Crippen molar-refractivity contribution in [3.8, 4) is 0 Å². The van der Waals surface area contributed by atoms with Crippen LogP contribution in [0.3, 0.4) is 0 Å². The van der Waals surface area contributed by atoms with Crippen LogP contribution in [0, 0.1) is 0 Å². The molecule has 0 spiro atoms. The lowest BCUT2D eigenvalue weighted by molar-refractivity contribution is 0.190. The Balaban J connectivity index is 1.65. The molecule has 0 radical (unpaired) electrons. The van der Waals surface area contributed by atoms with Gasteiger partial charge in [-0.1, -0.05) is 30.3 Å². The summed E-state index contributed by atoms with van der Waals surface area (Å²) in [6.07, 6.45) is 0. The second-order valence-electron chi connectivity index (χ2n) is 6.60. The van der Waals surface area contributed by atoms with Crippen molar-refractivity contribution in [2.75, 3.05) is 56.6 Å². The Hall–Kier alpha value is -2.04. The van der Waals surface area contributed by atoms with Crippen LogP contribution in [0.25, 0.3) is 0 Å². The van der Waals surface area contributed by atoms with Gasteiger partial charge in [0.2, 0.25) is 0 Å². The molecule has 1 aliphatic rings. The molecule has 4 heteroatoms. The third-order valence-corrected chi connectivity index (χ3v) is 4.89. The first-order valence-corrected chi connectivity index (χ1v) is 8.70. The van der Waals surface area contributed by atoms with E-state index in [2.05, 4.69) is 83.4 Å². The van der Waals surface area contributed by atoms with Crippen LogP contribution in [0.2, 0.25) is 0 Å². The van der Waals surface area contributed by atoms with Crippen LogP contribution in [0.4, 0.5) is 11.4 Å². The van der Waals surface area contributed by atoms with E-state index in [0.717, 1.165) is 26.2 Å². The van der Waals surface area contributed by atoms with Crippen LogP contribution in [-0.2, 0) is 0 Å². The van der Waals surface area contributed by atoms with E-state index in [4.69, 9.17) is 5.73 Å². The zero-order chi connectivity index (χ0) is 16.9. The summed E-state index contributed by atoms with van der Waals surface area (Å²) in [6, 6.07) is 19.8. The van der Waals surface area contributed by atoms with Crippen LogP contribution < -0.4 is 15.5 Å². The molecule has 0 saturated carbocycles. The standard InChI is InChI=1S/C20H28N4/c1-22(2)18-10-8-17(9-11-18)20(16-21)24-14-12-23(13-15-24)19-6-4-3-5-7-19/h3-11,20H,12-16,21H2,1-2H3/t20-/m1/s1. The summed E-state index contributed by atoms with van der Waals surface area (Å²) in [5.74, 6) is 0. The summed E-state index contributed by atoms with van der Waals surface area (Å²) in [7, 11) is 4.14. The topological polar surface area (TPSA) is 35.7 Å². The largest absolute Gasteiger partial charge is 0.378 e. The van der Waals surface area contributed by atoms with E-state index in [0.29, 0.717) is 12.6 Å². The first kappa shape index (κ1) is 16.8. The highest BCUT2D eigenvalue weighted by atomic mass is 15.3. The van der Waals surface area contributed by atoms with Gasteiger partial charge in [-0.3, -0.25) is 4.90 Å². The molecule has 24 heavy (non-hydrogen) atoms. The lowest BCUT2D eigenvalue weighted by Gasteiger charge is -2.40. The molecule has 128 valence electrons. The van der Waals surface area contributed by atoms with Crippen molar-refractivity contribution in [2.45, 2.75) is 6.04 Å². The Morgan fingerprint density at radius 3 is 2.08 bits per heavy atom. The first-order valence-electron chi connectivity index (χ1n) is 8.70. The van der Waals surface area contributed by atoms with Crippen molar-refractivity contribution in [3.05, 3.63) is 60.2 Å². The van der Waals surface area contributed by atoms with Crippen LogP contribution in [0.5, 0.6) is 0 Å². The van der Waals surface area contributed by atoms with Crippen molar-refractivity contribution < 1.29 is 0 Å². The molecule has 1 fully saturated rings. The molecule has 3 rings (SSSR count). The zero-order valence-electron chi connectivity index (χ0n) is 14.7. The van der Waals surface area contributed by atoms with Gasteiger partial charge in [0.1, 0.15) is 0 Å². The van der Waals surface area contributed by atoms with Crippen LogP contribution in [-0.4, -0.2) is 51.7 Å². The average Bonchev–Trinajstić information content (AvgIpc) is 2.64. The van der Waals surface area contributed by atoms with Gasteiger partial charge in [-0.25, -0.2) is 0 Å². The number of nitrogens with two attached hydrogens (primary N) is 1. The summed E-state index contributed by atoms with van der Waals surface area (Å²) < 4.78 is 0. The molecule has 2 N–H and O–H groups in total. The normalized spacial score (nSPS) is 16.9. The molecule has 0 amide bonds. The third kappa shape index (κ3) is 3.71. The molecule has 0 bridgehead atoms. The van der Waals surface area contributed by atoms with Gasteiger partial charge in [-0.15, -0.1) is 0 Å². The SMILES string of the molecule is CN(C)c1ccc([C@@H](CN)N2CCN(c3ccccc3)CC2)cc1. The van der Waals surface area contributed by atoms with Gasteiger partial charge in [0.05, 0.1) is 0 Å². The Kier molecular flexibility index (Phi) is 5.38. The molecule has 4 nitrogen and oxygen atoms in total. The van der Waals surface area contributed by atoms with E-state index < -0.39 is 0 Å². The maximum Gasteiger partial charge on any atom is 0.0471 e. The second-order valence-corrected chi connectivity index (χ2v) is 6.60. The molecule has 1 saturated heterocycles. The summed E-state index contributed by atoms with van der Waals surface area (Å²) in [6.45, 7) is 4.86. The van der Waals surface area contributed by atoms with E-state index in [1.54, 1.807) is 0 Å². The molecular formula is C20H28N4. The number of anilines is 2. The molecule has 1 atom stereocenters. The van der Waals surface area contributed by atoms with Crippen molar-refractivity contribution >= 4 is 11.4 Å². The minimum absolute atomic E-state index is 0.305. The fourth-order valence-electron chi connectivity index (χ4n) is 3.42. The summed E-state index contributed by atoms with van der Waals surface area (Å²) in [5, 5.41) is 0. The zero-order valence-corrected chi connectivity index (χ0v) is 14.7. The van der Waals surface area contributed by atoms with E-state index in [1.807, 2.05) is 0 Å². The Labute approximate surface area is 145 Å². The quantitative estimate of drug-likeness (QED) is 0.917. The predicted octanol–water partition coefficient (Wildman–Crippen LogP) is 2.57. The highest BCUT2D eigenvalue weighted by molar-refractivity contribution is 5.47. The predicted molar refractivity (Wildman–Crippen MR) is 103 cm³/mol. The van der Waals surface area contributed by atoms with E-state index in [9.17, 15) is 0 Å². The van der Waals surface area contributed by atoms with E-state index >= 15 is 0 Å². The molecule has 0 aliphatic carbocycles. The monoisotopic (exact) mass is 324 g/mol. The number of nitrogens with zero attached hydrogens (tertiary/aromatic N) is 3. The minimum atomic E-state index is 0.305. The fraction of sp³-hybridized carbons (Fsp3) is 0.400. The van der Waals surface area contributed by atoms with Crippen molar-refractivity contribution in [1.82, 2.24) is 4.90 Å². The van der Waals surface area contributed by atoms with Crippen LogP contribution in [0.15, 0.2) is 54.6 Å². The minimum Gasteiger partial charge on any atom is -0.378 e. The number of hydrogen-bond acceptors (Lipinski definition) is 4. The second kappa shape index (κ2) is 7.69. The van der Waals surface area contributed by atoms with Crippen molar-refractivity contribution in [2.24, 2.45) is 5.73 Å². The summed E-state index contributed by atoms with van der Waals surface area (Å²) in [5.41, 5.74) is 9.97. The molecule has 1 aliphatic heterocycles. The average molecular weight is 324 g/mol. The fourth-order valence-corrected chi connectivity index (χ4v) is 3.42. The van der Waals surface area contributed by atoms with Crippen LogP contribution >= 0.6 is 0 Å². The smallest absolute Gasteiger partial charge is 0.0471 e. The lowest BCUT2D eigenvalue weighted by atomic mass is 10.0. The Morgan fingerprint density at radius 1 is 0.917 bits per heavy atom. The Bertz CT molecular complexity index is 616. The molecule has 0 aromatic heterocycles. The molecule has 2 aromatic carbocycles. The van der Waals surface area contributed by atoms with Crippen molar-refractivity contribution in [1.29, 1.82) is 0 Å². The molecule has 2 aromatic rings. The maximum atomic E-state index is 6.11. The number of benzene rings is 2. The van der Waals surface area contributed by atoms with Crippen LogP contribution in [0.1, 0.15) is 11.6 Å². The van der Waals surface area contributed by atoms with Gasteiger partial charge in [-0.05, 0) is 29.8 Å². The van der Waals surface area contributed by atoms with Gasteiger partial charge in [0, 0.05) is 64.2 Å². The first-order chi connectivity index (χ1) is 11.7. The molecule has 1 heterocycles.